The summed E-state index contributed by atoms with van der Waals surface area (Å²) >= 11 is 5.16. The van der Waals surface area contributed by atoms with Crippen molar-refractivity contribution in [2.75, 3.05) is 10.6 Å². The number of hydrogen-bond acceptors (Lipinski definition) is 3. The van der Waals surface area contributed by atoms with E-state index in [-0.39, 0.29) is 16.9 Å². The van der Waals surface area contributed by atoms with E-state index in [9.17, 15) is 9.59 Å². The zero-order valence-electron chi connectivity index (χ0n) is 13.8. The molecule has 0 aromatic heterocycles. The third-order valence-electron chi connectivity index (χ3n) is 3.46. The van der Waals surface area contributed by atoms with Gasteiger partial charge in [0.05, 0.1) is 0 Å². The summed E-state index contributed by atoms with van der Waals surface area (Å²) in [5.41, 5.74) is 4.15. The highest BCUT2D eigenvalue weighted by atomic mass is 32.1. The minimum atomic E-state index is -0.259. The number of anilines is 2. The van der Waals surface area contributed by atoms with Crippen LogP contribution < -0.4 is 16.0 Å². The summed E-state index contributed by atoms with van der Waals surface area (Å²) in [6, 6.07) is 12.5. The maximum absolute atomic E-state index is 12.2. The fourth-order valence-corrected chi connectivity index (χ4v) is 2.27. The average molecular weight is 341 g/mol. The Morgan fingerprint density at radius 3 is 2.00 bits per heavy atom. The van der Waals surface area contributed by atoms with Crippen molar-refractivity contribution < 1.29 is 9.59 Å². The first kappa shape index (κ1) is 17.6. The quantitative estimate of drug-likeness (QED) is 0.749. The van der Waals surface area contributed by atoms with E-state index in [0.717, 1.165) is 16.8 Å². The van der Waals surface area contributed by atoms with Gasteiger partial charge in [-0.3, -0.25) is 14.9 Å². The molecule has 0 spiro atoms. The normalized spacial score (nSPS) is 9.96. The molecule has 2 rings (SSSR count). The van der Waals surface area contributed by atoms with Crippen molar-refractivity contribution in [3.8, 4) is 0 Å². The molecule has 2 amide bonds. The molecule has 0 aliphatic carbocycles. The van der Waals surface area contributed by atoms with E-state index < -0.39 is 0 Å². The van der Waals surface area contributed by atoms with Gasteiger partial charge in [0.2, 0.25) is 5.91 Å². The van der Waals surface area contributed by atoms with Crippen LogP contribution in [0.5, 0.6) is 0 Å². The number of amides is 2. The highest BCUT2D eigenvalue weighted by Crippen LogP contribution is 2.14. The zero-order chi connectivity index (χ0) is 17.7. The van der Waals surface area contributed by atoms with Gasteiger partial charge in [-0.1, -0.05) is 6.07 Å². The van der Waals surface area contributed by atoms with Crippen LogP contribution in [-0.4, -0.2) is 16.9 Å². The highest BCUT2D eigenvalue weighted by Gasteiger charge is 2.09. The summed E-state index contributed by atoms with van der Waals surface area (Å²) in [4.78, 5) is 23.2. The van der Waals surface area contributed by atoms with Gasteiger partial charge in [0.1, 0.15) is 0 Å². The standard InChI is InChI=1S/C18H19N3O2S/c1-11-4-5-14(10-12(11)2)17(23)21-18(24)20-16-8-6-15(7-9-16)19-13(3)22/h4-10H,1-3H3,(H,19,22)(H2,20,21,23,24). The Balaban J connectivity index is 1.96. The first-order valence-corrected chi connectivity index (χ1v) is 7.83. The molecule has 2 aromatic carbocycles. The fraction of sp³-hybridized carbons (Fsp3) is 0.167. The Hall–Kier alpha value is -2.73. The first-order chi connectivity index (χ1) is 11.3. The lowest BCUT2D eigenvalue weighted by Gasteiger charge is -2.11. The average Bonchev–Trinajstić information content (AvgIpc) is 2.51. The molecule has 0 radical (unpaired) electrons. The predicted molar refractivity (Wildman–Crippen MR) is 100 cm³/mol. The van der Waals surface area contributed by atoms with E-state index in [4.69, 9.17) is 12.2 Å². The molecule has 0 unspecified atom stereocenters. The molecule has 6 heteroatoms. The maximum Gasteiger partial charge on any atom is 0.257 e. The van der Waals surface area contributed by atoms with Crippen molar-refractivity contribution in [3.05, 3.63) is 59.2 Å². The molecule has 0 aliphatic heterocycles. The number of aryl methyl sites for hydroxylation is 2. The number of thiocarbonyl (C=S) groups is 1. The van der Waals surface area contributed by atoms with E-state index in [1.165, 1.54) is 6.92 Å². The van der Waals surface area contributed by atoms with Crippen LogP contribution in [0.15, 0.2) is 42.5 Å². The highest BCUT2D eigenvalue weighted by molar-refractivity contribution is 7.80. The van der Waals surface area contributed by atoms with Crippen molar-refractivity contribution in [2.45, 2.75) is 20.8 Å². The summed E-state index contributed by atoms with van der Waals surface area (Å²) in [5.74, 6) is -0.391. The summed E-state index contributed by atoms with van der Waals surface area (Å²) in [5, 5.41) is 8.48. The molecule has 0 saturated carbocycles. The fourth-order valence-electron chi connectivity index (χ4n) is 2.06. The number of rotatable bonds is 3. The summed E-state index contributed by atoms with van der Waals surface area (Å²) in [7, 11) is 0. The van der Waals surface area contributed by atoms with Crippen LogP contribution in [0, 0.1) is 13.8 Å². The Kier molecular flexibility index (Phi) is 5.65. The molecule has 24 heavy (non-hydrogen) atoms. The van der Waals surface area contributed by atoms with Crippen LogP contribution in [0.4, 0.5) is 11.4 Å². The minimum Gasteiger partial charge on any atom is -0.332 e. The molecule has 5 nitrogen and oxygen atoms in total. The molecular formula is C18H19N3O2S. The topological polar surface area (TPSA) is 70.2 Å². The van der Waals surface area contributed by atoms with E-state index in [2.05, 4.69) is 16.0 Å². The van der Waals surface area contributed by atoms with Crippen LogP contribution in [0.2, 0.25) is 0 Å². The monoisotopic (exact) mass is 341 g/mol. The second-order valence-corrected chi connectivity index (χ2v) is 5.87. The van der Waals surface area contributed by atoms with E-state index in [0.29, 0.717) is 11.3 Å². The number of hydrogen-bond donors (Lipinski definition) is 3. The van der Waals surface area contributed by atoms with Gasteiger partial charge < -0.3 is 10.6 Å². The summed E-state index contributed by atoms with van der Waals surface area (Å²) < 4.78 is 0. The molecule has 0 atom stereocenters. The van der Waals surface area contributed by atoms with Crippen molar-refractivity contribution in [1.29, 1.82) is 0 Å². The second kappa shape index (κ2) is 7.70. The van der Waals surface area contributed by atoms with Gasteiger partial charge in [0.15, 0.2) is 5.11 Å². The van der Waals surface area contributed by atoms with Crippen molar-refractivity contribution >= 4 is 40.5 Å². The smallest absolute Gasteiger partial charge is 0.257 e. The number of carbonyl (C=O) groups excluding carboxylic acids is 2. The van der Waals surface area contributed by atoms with Gasteiger partial charge >= 0.3 is 0 Å². The molecule has 3 N–H and O–H groups in total. The SMILES string of the molecule is CC(=O)Nc1ccc(NC(=S)NC(=O)c2ccc(C)c(C)c2)cc1. The Morgan fingerprint density at radius 2 is 1.46 bits per heavy atom. The molecule has 2 aromatic rings. The van der Waals surface area contributed by atoms with Gasteiger partial charge in [-0.2, -0.15) is 0 Å². The number of nitrogens with one attached hydrogen (secondary N) is 3. The van der Waals surface area contributed by atoms with Gasteiger partial charge in [-0.25, -0.2) is 0 Å². The van der Waals surface area contributed by atoms with Crippen molar-refractivity contribution in [2.24, 2.45) is 0 Å². The molecule has 124 valence electrons. The van der Waals surface area contributed by atoms with Crippen molar-refractivity contribution in [3.63, 3.8) is 0 Å². The third-order valence-corrected chi connectivity index (χ3v) is 3.66. The molecule has 0 saturated heterocycles. The van der Waals surface area contributed by atoms with Crippen LogP contribution in [0.25, 0.3) is 0 Å². The maximum atomic E-state index is 12.2. The Labute approximate surface area is 146 Å². The van der Waals surface area contributed by atoms with Crippen LogP contribution in [0.3, 0.4) is 0 Å². The lowest BCUT2D eigenvalue weighted by atomic mass is 10.1. The van der Waals surface area contributed by atoms with Crippen LogP contribution >= 0.6 is 12.2 Å². The van der Waals surface area contributed by atoms with E-state index in [1.54, 1.807) is 30.3 Å². The van der Waals surface area contributed by atoms with E-state index >= 15 is 0 Å². The molecule has 0 fully saturated rings. The van der Waals surface area contributed by atoms with Crippen LogP contribution in [-0.2, 0) is 4.79 Å². The lowest BCUT2D eigenvalue weighted by Crippen LogP contribution is -2.34. The van der Waals surface area contributed by atoms with Gasteiger partial charge in [-0.05, 0) is 73.6 Å². The predicted octanol–water partition coefficient (Wildman–Crippen LogP) is 3.39. The number of benzene rings is 2. The van der Waals surface area contributed by atoms with Crippen molar-refractivity contribution in [1.82, 2.24) is 5.32 Å². The van der Waals surface area contributed by atoms with E-state index in [1.807, 2.05) is 26.0 Å². The van der Waals surface area contributed by atoms with Crippen LogP contribution in [0.1, 0.15) is 28.4 Å². The molecular weight excluding hydrogens is 322 g/mol. The first-order valence-electron chi connectivity index (χ1n) is 7.42. The van der Waals surface area contributed by atoms with Gasteiger partial charge in [0, 0.05) is 23.9 Å². The second-order valence-electron chi connectivity index (χ2n) is 5.47. The zero-order valence-corrected chi connectivity index (χ0v) is 14.6. The Morgan fingerprint density at radius 1 is 0.875 bits per heavy atom. The largest absolute Gasteiger partial charge is 0.332 e. The molecule has 0 bridgehead atoms. The summed E-state index contributed by atoms with van der Waals surface area (Å²) in [6.07, 6.45) is 0. The van der Waals surface area contributed by atoms with Gasteiger partial charge in [-0.15, -0.1) is 0 Å². The Bertz CT molecular complexity index is 785. The minimum absolute atomic E-state index is 0.133. The van der Waals surface area contributed by atoms with Gasteiger partial charge in [0.25, 0.3) is 5.91 Å². The summed E-state index contributed by atoms with van der Waals surface area (Å²) in [6.45, 7) is 5.40. The third kappa shape index (κ3) is 4.89. The molecule has 0 aliphatic rings. The number of carbonyl (C=O) groups is 2. The molecule has 0 heterocycles. The lowest BCUT2D eigenvalue weighted by molar-refractivity contribution is -0.114.